The molecule has 0 spiro atoms. The topological polar surface area (TPSA) is 88.3 Å². The summed E-state index contributed by atoms with van der Waals surface area (Å²) >= 11 is 0. The Labute approximate surface area is 45.7 Å². The summed E-state index contributed by atoms with van der Waals surface area (Å²) in [5.41, 5.74) is 13.5. The van der Waals surface area contributed by atoms with Gasteiger partial charge in [-0.05, 0) is 0 Å². The van der Waals surface area contributed by atoms with Gasteiger partial charge in [0.15, 0.2) is 6.29 Å². The zero-order valence-electron chi connectivity index (χ0n) is 4.02. The van der Waals surface area contributed by atoms with Crippen molar-refractivity contribution in [1.29, 1.82) is 0 Å². The van der Waals surface area contributed by atoms with Crippen LogP contribution in [0.4, 0.5) is 0 Å². The molecule has 1 aliphatic heterocycles. The molecule has 0 amide bonds. The highest BCUT2D eigenvalue weighted by atomic mass is 16.6. The average molecular weight is 114 g/mol. The second kappa shape index (κ2) is 4.11. The molecule has 0 aromatic heterocycles. The van der Waals surface area contributed by atoms with Crippen LogP contribution in [0.2, 0.25) is 0 Å². The Morgan fingerprint density at radius 3 is 2.12 bits per heavy atom. The number of ether oxygens (including phenoxy) is 1. The average Bonchev–Trinajstić information content (AvgIpc) is 2.48. The van der Waals surface area contributed by atoms with Gasteiger partial charge in [0.1, 0.15) is 6.10 Å². The van der Waals surface area contributed by atoms with E-state index in [1.165, 1.54) is 4.91 Å². The van der Waals surface area contributed by atoms with Crippen molar-refractivity contribution >= 4 is 6.29 Å². The molecule has 0 N–H and O–H groups in total. The van der Waals surface area contributed by atoms with Crippen molar-refractivity contribution in [1.82, 2.24) is 0 Å². The van der Waals surface area contributed by atoms with Gasteiger partial charge in [-0.15, -0.1) is 0 Å². The Bertz CT molecular complexity index is 103. The van der Waals surface area contributed by atoms with Crippen molar-refractivity contribution in [2.45, 2.75) is 6.10 Å². The SMILES string of the molecule is O=CC1CO1.[N-]=[N+]=[N-]. The zero-order valence-corrected chi connectivity index (χ0v) is 4.02. The molecule has 1 heterocycles. The highest BCUT2D eigenvalue weighted by Gasteiger charge is 2.19. The smallest absolute Gasteiger partial charge is 0.151 e. The summed E-state index contributed by atoms with van der Waals surface area (Å²) in [4.78, 5) is 10.9. The van der Waals surface area contributed by atoms with Gasteiger partial charge in [-0.1, -0.05) is 0 Å². The molecular weight excluding hydrogens is 110 g/mol. The van der Waals surface area contributed by atoms with Crippen LogP contribution in [0, 0.1) is 0 Å². The van der Waals surface area contributed by atoms with Crippen LogP contribution in [0.1, 0.15) is 0 Å². The third-order valence-electron chi connectivity index (χ3n) is 0.511. The number of epoxide rings is 1. The molecule has 0 bridgehead atoms. The minimum absolute atomic E-state index is 0.0463. The summed E-state index contributed by atoms with van der Waals surface area (Å²) in [6, 6.07) is 0. The lowest BCUT2D eigenvalue weighted by Crippen LogP contribution is -1.79. The molecule has 8 heavy (non-hydrogen) atoms. The summed E-state index contributed by atoms with van der Waals surface area (Å²) in [7, 11) is 0. The fourth-order valence-corrected chi connectivity index (χ4v) is 0.134. The first-order chi connectivity index (χ1) is 3.85. The van der Waals surface area contributed by atoms with Gasteiger partial charge < -0.3 is 20.6 Å². The van der Waals surface area contributed by atoms with Gasteiger partial charge in [0.2, 0.25) is 0 Å². The lowest BCUT2D eigenvalue weighted by atomic mass is 10.6. The minimum Gasteiger partial charge on any atom is -0.373 e. The van der Waals surface area contributed by atoms with Crippen LogP contribution in [0.3, 0.4) is 0 Å². The van der Waals surface area contributed by atoms with E-state index in [-0.39, 0.29) is 6.10 Å². The van der Waals surface area contributed by atoms with Gasteiger partial charge in [0.25, 0.3) is 0 Å². The minimum atomic E-state index is -0.0463. The van der Waals surface area contributed by atoms with E-state index >= 15 is 0 Å². The molecule has 1 aliphatic rings. The van der Waals surface area contributed by atoms with E-state index in [2.05, 4.69) is 4.74 Å². The third-order valence-corrected chi connectivity index (χ3v) is 0.511. The molecule has 1 unspecified atom stereocenters. The molecule has 1 rings (SSSR count). The van der Waals surface area contributed by atoms with Crippen molar-refractivity contribution in [2.24, 2.45) is 0 Å². The Balaban J connectivity index is 0.000000145. The lowest BCUT2D eigenvalue weighted by Gasteiger charge is -1.53. The summed E-state index contributed by atoms with van der Waals surface area (Å²) < 4.78 is 4.49. The van der Waals surface area contributed by atoms with Crippen LogP contribution < -0.4 is 0 Å². The van der Waals surface area contributed by atoms with Gasteiger partial charge in [0, 0.05) is 0 Å². The lowest BCUT2D eigenvalue weighted by molar-refractivity contribution is -0.108. The Hall–Kier alpha value is -1.06. The number of aldehydes is 1. The quantitative estimate of drug-likeness (QED) is 0.163. The third kappa shape index (κ3) is 4.94. The number of carbonyl (C=O) groups is 1. The first-order valence-corrected chi connectivity index (χ1v) is 1.90. The second-order valence-electron chi connectivity index (χ2n) is 1.10. The largest absolute Gasteiger partial charge is 0.373 e. The number of rotatable bonds is 1. The summed E-state index contributed by atoms with van der Waals surface area (Å²) in [6.07, 6.45) is 0.759. The highest BCUT2D eigenvalue weighted by molar-refractivity contribution is 5.58. The second-order valence-corrected chi connectivity index (χ2v) is 1.10. The fraction of sp³-hybridized carbons (Fsp3) is 0.667. The number of hydrogen-bond donors (Lipinski definition) is 0. The van der Waals surface area contributed by atoms with Crippen LogP contribution in [-0.2, 0) is 9.53 Å². The van der Waals surface area contributed by atoms with Gasteiger partial charge >= 0.3 is 0 Å². The number of nitrogens with zero attached hydrogens (tertiary/aromatic N) is 3. The molecule has 44 valence electrons. The van der Waals surface area contributed by atoms with Crippen molar-refractivity contribution in [3.63, 3.8) is 0 Å². The van der Waals surface area contributed by atoms with Gasteiger partial charge in [-0.2, -0.15) is 0 Å². The van der Waals surface area contributed by atoms with E-state index in [4.69, 9.17) is 11.1 Å². The van der Waals surface area contributed by atoms with Crippen LogP contribution in [0.5, 0.6) is 0 Å². The van der Waals surface area contributed by atoms with E-state index in [0.29, 0.717) is 6.61 Å². The maximum atomic E-state index is 9.44. The van der Waals surface area contributed by atoms with Crippen molar-refractivity contribution in [3.05, 3.63) is 16.0 Å². The normalized spacial score (nSPS) is 21.8. The predicted molar refractivity (Wildman–Crippen MR) is 25.9 cm³/mol. The molecule has 0 radical (unpaired) electrons. The Kier molecular flexibility index (Phi) is 3.56. The molecule has 0 saturated carbocycles. The first-order valence-electron chi connectivity index (χ1n) is 1.90. The van der Waals surface area contributed by atoms with E-state index in [1.807, 2.05) is 0 Å². The molecular formula is C3H4N3O2-. The van der Waals surface area contributed by atoms with Crippen LogP contribution in [-0.4, -0.2) is 19.0 Å². The van der Waals surface area contributed by atoms with Crippen molar-refractivity contribution < 1.29 is 9.53 Å². The van der Waals surface area contributed by atoms with Crippen LogP contribution in [0.25, 0.3) is 16.0 Å². The van der Waals surface area contributed by atoms with Crippen LogP contribution in [0.15, 0.2) is 0 Å². The summed E-state index contributed by atoms with van der Waals surface area (Å²) in [5, 5.41) is 0. The monoisotopic (exact) mass is 114 g/mol. The molecule has 5 nitrogen and oxygen atoms in total. The van der Waals surface area contributed by atoms with Gasteiger partial charge in [-0.25, -0.2) is 0 Å². The summed E-state index contributed by atoms with van der Waals surface area (Å²) in [6.45, 7) is 0.642. The van der Waals surface area contributed by atoms with Crippen molar-refractivity contribution in [3.8, 4) is 0 Å². The molecule has 5 heteroatoms. The van der Waals surface area contributed by atoms with Crippen molar-refractivity contribution in [2.75, 3.05) is 6.61 Å². The van der Waals surface area contributed by atoms with E-state index in [1.54, 1.807) is 0 Å². The van der Waals surface area contributed by atoms with Gasteiger partial charge in [0.05, 0.1) is 6.61 Å². The molecule has 0 aliphatic carbocycles. The van der Waals surface area contributed by atoms with Crippen LogP contribution >= 0.6 is 0 Å². The maximum Gasteiger partial charge on any atom is 0.151 e. The molecule has 0 aromatic rings. The highest BCUT2D eigenvalue weighted by Crippen LogP contribution is 2.02. The Morgan fingerprint density at radius 2 is 2.12 bits per heavy atom. The van der Waals surface area contributed by atoms with E-state index in [9.17, 15) is 4.79 Å². The molecule has 1 atom stereocenters. The van der Waals surface area contributed by atoms with E-state index < -0.39 is 0 Å². The predicted octanol–water partition coefficient (Wildman–Crippen LogP) is 0.450. The standard InChI is InChI=1S/C3H4O2.N3/c4-1-3-2-5-3;1-3-2/h1,3H,2H2;/q;-1. The first kappa shape index (κ1) is 6.94. The zero-order chi connectivity index (χ0) is 6.41. The number of hydrogen-bond acceptors (Lipinski definition) is 2. The fourth-order valence-electron chi connectivity index (χ4n) is 0.134. The summed E-state index contributed by atoms with van der Waals surface area (Å²) in [5.74, 6) is 0. The van der Waals surface area contributed by atoms with Gasteiger partial charge in [-0.3, -0.25) is 4.91 Å². The number of carbonyl (C=O) groups excluding carboxylic acids is 1. The Morgan fingerprint density at radius 1 is 1.75 bits per heavy atom. The van der Waals surface area contributed by atoms with E-state index in [0.717, 1.165) is 6.29 Å². The molecule has 1 saturated heterocycles. The molecule has 0 aromatic carbocycles. The molecule has 1 fully saturated rings. The maximum absolute atomic E-state index is 9.44.